The predicted octanol–water partition coefficient (Wildman–Crippen LogP) is 7.86. The Morgan fingerprint density at radius 3 is 1.22 bits per heavy atom. The van der Waals surface area contributed by atoms with Gasteiger partial charge in [0, 0.05) is 18.5 Å². The number of aryl methyl sites for hydroxylation is 4. The number of amides is 1. The Labute approximate surface area is 262 Å². The first-order valence-electron chi connectivity index (χ1n) is 13.8. The zero-order valence-corrected chi connectivity index (χ0v) is 30.4. The zero-order chi connectivity index (χ0) is 34.1. The number of aromatic amines is 3. The van der Waals surface area contributed by atoms with Gasteiger partial charge in [0.2, 0.25) is 5.91 Å². The van der Waals surface area contributed by atoms with Crippen LogP contribution in [-0.4, -0.2) is 46.2 Å². The van der Waals surface area contributed by atoms with Gasteiger partial charge in [-0.3, -0.25) is 19.9 Å². The van der Waals surface area contributed by atoms with Crippen molar-refractivity contribution in [2.24, 2.45) is 11.5 Å². The molecule has 0 aromatic carbocycles. The van der Waals surface area contributed by atoms with Gasteiger partial charge in [0.05, 0.1) is 10.00 Å². The summed E-state index contributed by atoms with van der Waals surface area (Å²) in [6.45, 7) is 34.4. The summed E-state index contributed by atoms with van der Waals surface area (Å²) >= 11 is 5.98. The van der Waals surface area contributed by atoms with Crippen molar-refractivity contribution in [3.63, 3.8) is 0 Å². The molecular formula is C28H67N9O2S2. The van der Waals surface area contributed by atoms with E-state index in [0.29, 0.717) is 10.8 Å². The standard InChI is InChI=1S/C4H7N3.C4H5NS.C3H5N3O.C2H5NO.C2H5NS.6C2H6.CH4/c1-3-5-4(2)7-6-3;1-4-5-2-3-6-4;1-2-4-3(7)6-5-2;2*1-2(3)4;6*1-2;/h1-2H3,(H,5,6,7);2-3H,1H3;1H3,(H2,4,5,6,7);2*1H3,(H2,3,4);6*1-2H3;1H4. The molecule has 41 heavy (non-hydrogen) atoms. The van der Waals surface area contributed by atoms with Crippen molar-refractivity contribution in [3.8, 4) is 0 Å². The average molecular weight is 626 g/mol. The van der Waals surface area contributed by atoms with Crippen molar-refractivity contribution in [1.82, 2.24) is 35.3 Å². The van der Waals surface area contributed by atoms with Crippen LogP contribution in [0.2, 0.25) is 0 Å². The summed E-state index contributed by atoms with van der Waals surface area (Å²) in [5, 5.41) is 15.3. The summed E-state index contributed by atoms with van der Waals surface area (Å²) in [4.78, 5) is 30.1. The fourth-order valence-electron chi connectivity index (χ4n) is 1.10. The molecule has 0 fully saturated rings. The lowest BCUT2D eigenvalue weighted by atomic mass is 10.7. The number of nitrogens with one attached hydrogen (secondary N) is 3. The smallest absolute Gasteiger partial charge is 0.340 e. The second-order valence-electron chi connectivity index (χ2n) is 5.00. The van der Waals surface area contributed by atoms with Gasteiger partial charge in [0.15, 0.2) is 0 Å². The minimum Gasteiger partial charge on any atom is -0.394 e. The lowest BCUT2D eigenvalue weighted by Gasteiger charge is -1.68. The van der Waals surface area contributed by atoms with Gasteiger partial charge < -0.3 is 11.5 Å². The molecule has 7 N–H and O–H groups in total. The van der Waals surface area contributed by atoms with E-state index in [1.807, 2.05) is 109 Å². The Hall–Kier alpha value is -2.93. The van der Waals surface area contributed by atoms with Crippen LogP contribution in [-0.2, 0) is 4.79 Å². The SMILES string of the molecule is C.CC.CC.CC.CC.CC.CC.CC(N)=O.CC(N)=S.Cc1n[nH]c(=O)[nH]1.Cc1n[nH]c(C)n1.Cc1nccs1. The summed E-state index contributed by atoms with van der Waals surface area (Å²) in [6, 6.07) is 0. The first-order valence-corrected chi connectivity index (χ1v) is 15.1. The van der Waals surface area contributed by atoms with E-state index in [2.05, 4.69) is 53.3 Å². The van der Waals surface area contributed by atoms with E-state index in [4.69, 9.17) is 5.73 Å². The predicted molar refractivity (Wildman–Crippen MR) is 189 cm³/mol. The molecule has 0 radical (unpaired) electrons. The lowest BCUT2D eigenvalue weighted by Crippen LogP contribution is -2.01. The van der Waals surface area contributed by atoms with Crippen molar-refractivity contribution >= 4 is 34.5 Å². The minimum absolute atomic E-state index is 0. The van der Waals surface area contributed by atoms with Crippen LogP contribution >= 0.6 is 23.6 Å². The first-order chi connectivity index (χ1) is 18.9. The number of rotatable bonds is 0. The number of hydrogen-bond donors (Lipinski definition) is 5. The van der Waals surface area contributed by atoms with E-state index in [9.17, 15) is 9.59 Å². The number of H-pyrrole nitrogens is 3. The Morgan fingerprint density at radius 2 is 1.15 bits per heavy atom. The van der Waals surface area contributed by atoms with Crippen LogP contribution in [0, 0.1) is 27.7 Å². The summed E-state index contributed by atoms with van der Waals surface area (Å²) in [7, 11) is 0. The van der Waals surface area contributed by atoms with Crippen LogP contribution in [0.4, 0.5) is 0 Å². The maximum Gasteiger partial charge on any atom is 0.340 e. The van der Waals surface area contributed by atoms with Crippen LogP contribution in [0.25, 0.3) is 0 Å². The molecule has 0 unspecified atom stereocenters. The molecule has 0 spiro atoms. The monoisotopic (exact) mass is 625 g/mol. The Morgan fingerprint density at radius 1 is 0.780 bits per heavy atom. The van der Waals surface area contributed by atoms with Crippen LogP contribution < -0.4 is 17.2 Å². The molecule has 13 heteroatoms. The quantitative estimate of drug-likeness (QED) is 0.156. The van der Waals surface area contributed by atoms with Crippen molar-refractivity contribution in [2.45, 2.75) is 132 Å². The molecule has 3 heterocycles. The topological polar surface area (TPSA) is 185 Å². The Kier molecular flexibility index (Phi) is 92.4. The van der Waals surface area contributed by atoms with Crippen molar-refractivity contribution < 1.29 is 4.79 Å². The lowest BCUT2D eigenvalue weighted by molar-refractivity contribution is -0.115. The third-order valence-electron chi connectivity index (χ3n) is 1.88. The largest absolute Gasteiger partial charge is 0.394 e. The molecule has 0 atom stereocenters. The highest BCUT2D eigenvalue weighted by molar-refractivity contribution is 7.80. The normalized spacial score (nSPS) is 6.59. The summed E-state index contributed by atoms with van der Waals surface area (Å²) < 4.78 is 0. The maximum absolute atomic E-state index is 10.1. The molecule has 0 aliphatic rings. The number of carbonyl (C=O) groups excluding carboxylic acids is 1. The fraction of sp³-hybridized carbons (Fsp3) is 0.679. The van der Waals surface area contributed by atoms with E-state index in [1.165, 1.54) is 6.92 Å². The molecule has 0 saturated heterocycles. The molecule has 3 aromatic heterocycles. The van der Waals surface area contributed by atoms with E-state index in [1.54, 1.807) is 31.4 Å². The molecule has 0 aliphatic heterocycles. The Balaban J connectivity index is -0.0000000411. The molecule has 0 saturated carbocycles. The van der Waals surface area contributed by atoms with E-state index in [0.717, 1.165) is 16.7 Å². The number of nitrogens with zero attached hydrogens (tertiary/aromatic N) is 4. The fourth-order valence-corrected chi connectivity index (χ4v) is 1.54. The third kappa shape index (κ3) is 93.6. The molecule has 1 amide bonds. The van der Waals surface area contributed by atoms with Crippen molar-refractivity contribution in [3.05, 3.63) is 44.5 Å². The van der Waals surface area contributed by atoms with Gasteiger partial charge in [-0.15, -0.1) is 11.3 Å². The second-order valence-corrected chi connectivity index (χ2v) is 6.75. The van der Waals surface area contributed by atoms with Crippen molar-refractivity contribution in [1.29, 1.82) is 0 Å². The van der Waals surface area contributed by atoms with Gasteiger partial charge in [-0.25, -0.2) is 14.9 Å². The highest BCUT2D eigenvalue weighted by Crippen LogP contribution is 1.98. The number of aromatic nitrogens is 7. The average Bonchev–Trinajstić information content (AvgIpc) is 3.69. The van der Waals surface area contributed by atoms with Crippen LogP contribution in [0.5, 0.6) is 0 Å². The van der Waals surface area contributed by atoms with Crippen LogP contribution in [0.1, 0.15) is 127 Å². The van der Waals surface area contributed by atoms with Crippen LogP contribution in [0.15, 0.2) is 16.4 Å². The highest BCUT2D eigenvalue weighted by atomic mass is 32.1. The molecule has 11 nitrogen and oxygen atoms in total. The van der Waals surface area contributed by atoms with E-state index < -0.39 is 0 Å². The number of carbonyl (C=O) groups is 1. The molecule has 3 aromatic rings. The van der Waals surface area contributed by atoms with Crippen molar-refractivity contribution in [2.75, 3.05) is 0 Å². The summed E-state index contributed by atoms with van der Waals surface area (Å²) in [5.74, 6) is 1.96. The van der Waals surface area contributed by atoms with Gasteiger partial charge in [-0.2, -0.15) is 10.2 Å². The number of nitrogens with two attached hydrogens (primary N) is 2. The first kappa shape index (κ1) is 61.9. The second kappa shape index (κ2) is 61.2. The van der Waals surface area contributed by atoms with Gasteiger partial charge >= 0.3 is 5.69 Å². The Bertz CT molecular complexity index is 810. The molecule has 0 aliphatic carbocycles. The number of hydrogen-bond acceptors (Lipinski definition) is 8. The number of primary amides is 1. The van der Waals surface area contributed by atoms with Gasteiger partial charge in [-0.05, 0) is 34.6 Å². The third-order valence-corrected chi connectivity index (χ3v) is 2.59. The van der Waals surface area contributed by atoms with Gasteiger partial charge in [-0.1, -0.05) is 103 Å². The van der Waals surface area contributed by atoms with Gasteiger partial charge in [0.25, 0.3) is 0 Å². The van der Waals surface area contributed by atoms with Crippen LogP contribution in [0.3, 0.4) is 0 Å². The minimum atomic E-state index is -0.333. The molecule has 3 rings (SSSR count). The molecular weight excluding hydrogens is 559 g/mol. The number of thiazole rings is 1. The number of thiocarbonyl (C=S) groups is 1. The summed E-state index contributed by atoms with van der Waals surface area (Å²) in [6.07, 6.45) is 1.81. The summed E-state index contributed by atoms with van der Waals surface area (Å²) in [5.41, 5.74) is 9.06. The molecule has 248 valence electrons. The molecule has 0 bridgehead atoms. The van der Waals surface area contributed by atoms with E-state index in [-0.39, 0.29) is 19.0 Å². The zero-order valence-electron chi connectivity index (χ0n) is 28.7. The van der Waals surface area contributed by atoms with Gasteiger partial charge in [0.1, 0.15) is 17.5 Å². The van der Waals surface area contributed by atoms with E-state index >= 15 is 0 Å². The highest BCUT2D eigenvalue weighted by Gasteiger charge is 1.86. The maximum atomic E-state index is 10.1.